The summed E-state index contributed by atoms with van der Waals surface area (Å²) in [4.78, 5) is 2.67. The van der Waals surface area contributed by atoms with Crippen molar-refractivity contribution in [2.45, 2.75) is 52.5 Å². The van der Waals surface area contributed by atoms with Crippen molar-refractivity contribution in [3.63, 3.8) is 0 Å². The second kappa shape index (κ2) is 5.05. The minimum absolute atomic E-state index is 0.628. The summed E-state index contributed by atoms with van der Waals surface area (Å²) < 4.78 is 5.44. The van der Waals surface area contributed by atoms with Crippen molar-refractivity contribution in [1.82, 2.24) is 4.90 Å². The molecule has 16 heavy (non-hydrogen) atoms. The van der Waals surface area contributed by atoms with E-state index in [0.717, 1.165) is 38.3 Å². The predicted molar refractivity (Wildman–Crippen MR) is 67.6 cm³/mol. The van der Waals surface area contributed by atoms with Gasteiger partial charge in [0.2, 0.25) is 0 Å². The van der Waals surface area contributed by atoms with E-state index in [0.29, 0.717) is 5.41 Å². The van der Waals surface area contributed by atoms with E-state index in [2.05, 4.69) is 25.7 Å². The predicted octanol–water partition coefficient (Wildman–Crippen LogP) is 2.92. The van der Waals surface area contributed by atoms with Gasteiger partial charge in [0.25, 0.3) is 0 Å². The Balaban J connectivity index is 1.95. The number of rotatable bonds is 3. The topological polar surface area (TPSA) is 12.5 Å². The molecule has 2 aliphatic rings. The number of hydrogen-bond donors (Lipinski definition) is 0. The summed E-state index contributed by atoms with van der Waals surface area (Å²) in [6, 6.07) is 0.839. The van der Waals surface area contributed by atoms with E-state index in [1.165, 1.54) is 25.7 Å². The molecule has 2 heteroatoms. The van der Waals surface area contributed by atoms with Gasteiger partial charge in [0.15, 0.2) is 0 Å². The molecule has 1 aliphatic carbocycles. The van der Waals surface area contributed by atoms with Crippen molar-refractivity contribution in [3.05, 3.63) is 0 Å². The molecule has 0 radical (unpaired) electrons. The van der Waals surface area contributed by atoms with E-state index < -0.39 is 0 Å². The van der Waals surface area contributed by atoms with Crippen LogP contribution in [-0.4, -0.2) is 37.2 Å². The van der Waals surface area contributed by atoms with Crippen molar-refractivity contribution in [2.24, 2.45) is 11.3 Å². The Kier molecular flexibility index (Phi) is 3.91. The van der Waals surface area contributed by atoms with E-state index in [1.54, 1.807) is 0 Å². The fourth-order valence-electron chi connectivity index (χ4n) is 3.64. The molecule has 1 saturated heterocycles. The van der Waals surface area contributed by atoms with Gasteiger partial charge in [-0.25, -0.2) is 0 Å². The molecule has 94 valence electrons. The molecular weight excluding hydrogens is 198 g/mol. The monoisotopic (exact) mass is 225 g/mol. The second-order valence-electron chi connectivity index (χ2n) is 5.92. The van der Waals surface area contributed by atoms with Crippen LogP contribution in [0.1, 0.15) is 46.5 Å². The maximum Gasteiger partial charge on any atom is 0.0594 e. The summed E-state index contributed by atoms with van der Waals surface area (Å²) in [5.74, 6) is 0.837. The minimum Gasteiger partial charge on any atom is -0.379 e. The van der Waals surface area contributed by atoms with Gasteiger partial charge in [-0.15, -0.1) is 0 Å². The third-order valence-corrected chi connectivity index (χ3v) is 5.11. The maximum atomic E-state index is 5.44. The van der Waals surface area contributed by atoms with Crippen LogP contribution in [0.2, 0.25) is 0 Å². The van der Waals surface area contributed by atoms with Crippen LogP contribution in [0.25, 0.3) is 0 Å². The molecule has 0 aromatic rings. The molecule has 0 bridgehead atoms. The molecule has 2 atom stereocenters. The molecule has 1 saturated carbocycles. The molecule has 1 heterocycles. The van der Waals surface area contributed by atoms with Gasteiger partial charge in [0.1, 0.15) is 0 Å². The largest absolute Gasteiger partial charge is 0.379 e. The molecule has 0 spiro atoms. The van der Waals surface area contributed by atoms with Crippen molar-refractivity contribution in [2.75, 3.05) is 26.3 Å². The summed E-state index contributed by atoms with van der Waals surface area (Å²) in [6.45, 7) is 11.4. The molecular formula is C14H27NO. The lowest BCUT2D eigenvalue weighted by Gasteiger charge is -2.36. The van der Waals surface area contributed by atoms with Gasteiger partial charge in [-0.05, 0) is 30.6 Å². The first-order valence-electron chi connectivity index (χ1n) is 7.00. The zero-order valence-electron chi connectivity index (χ0n) is 11.2. The van der Waals surface area contributed by atoms with Gasteiger partial charge in [0.05, 0.1) is 13.2 Å². The Hall–Kier alpha value is -0.0800. The van der Waals surface area contributed by atoms with Gasteiger partial charge in [0, 0.05) is 19.1 Å². The number of nitrogens with zero attached hydrogens (tertiary/aromatic N) is 1. The first-order chi connectivity index (χ1) is 7.68. The summed E-state index contributed by atoms with van der Waals surface area (Å²) in [5, 5.41) is 0. The molecule has 1 aliphatic heterocycles. The fraction of sp³-hybridized carbons (Fsp3) is 1.00. The third-order valence-electron chi connectivity index (χ3n) is 5.11. The maximum absolute atomic E-state index is 5.44. The average Bonchev–Trinajstić information content (AvgIpc) is 2.76. The Bertz CT molecular complexity index is 223. The van der Waals surface area contributed by atoms with Crippen LogP contribution < -0.4 is 0 Å². The molecule has 2 rings (SSSR count). The van der Waals surface area contributed by atoms with Gasteiger partial charge in [-0.2, -0.15) is 0 Å². The highest BCUT2D eigenvalue weighted by atomic mass is 16.5. The van der Waals surface area contributed by atoms with E-state index >= 15 is 0 Å². The first-order valence-corrected chi connectivity index (χ1v) is 7.00. The Labute approximate surface area is 100 Å². The van der Waals surface area contributed by atoms with Gasteiger partial charge >= 0.3 is 0 Å². The Morgan fingerprint density at radius 3 is 2.50 bits per heavy atom. The van der Waals surface area contributed by atoms with E-state index in [-0.39, 0.29) is 0 Å². The summed E-state index contributed by atoms with van der Waals surface area (Å²) in [5.41, 5.74) is 0.628. The lowest BCUT2D eigenvalue weighted by atomic mass is 9.73. The zero-order valence-corrected chi connectivity index (χ0v) is 11.2. The highest BCUT2D eigenvalue weighted by Gasteiger charge is 2.41. The van der Waals surface area contributed by atoms with Gasteiger partial charge in [-0.1, -0.05) is 27.2 Å². The van der Waals surface area contributed by atoms with Crippen LogP contribution in [0.15, 0.2) is 0 Å². The summed E-state index contributed by atoms with van der Waals surface area (Å²) >= 11 is 0. The molecule has 2 fully saturated rings. The van der Waals surface area contributed by atoms with E-state index in [1.807, 2.05) is 0 Å². The molecule has 0 aromatic heterocycles. The van der Waals surface area contributed by atoms with Crippen molar-refractivity contribution in [3.8, 4) is 0 Å². The lowest BCUT2D eigenvalue weighted by Crippen LogP contribution is -2.43. The molecule has 2 unspecified atom stereocenters. The van der Waals surface area contributed by atoms with Crippen LogP contribution in [0.5, 0.6) is 0 Å². The summed E-state index contributed by atoms with van der Waals surface area (Å²) in [6.07, 6.45) is 5.61. The number of morpholine rings is 1. The lowest BCUT2D eigenvalue weighted by molar-refractivity contribution is 0.0136. The normalized spacial score (nSPS) is 37.1. The van der Waals surface area contributed by atoms with Crippen LogP contribution in [0.4, 0.5) is 0 Å². The second-order valence-corrected chi connectivity index (χ2v) is 5.92. The third kappa shape index (κ3) is 2.28. The molecule has 0 N–H and O–H groups in total. The van der Waals surface area contributed by atoms with Crippen LogP contribution in [0, 0.1) is 11.3 Å². The number of hydrogen-bond acceptors (Lipinski definition) is 2. The SMILES string of the molecule is CCC1(C(C)C)CCC(N2CCOCC2)C1. The van der Waals surface area contributed by atoms with Crippen molar-refractivity contribution < 1.29 is 4.74 Å². The minimum atomic E-state index is 0.628. The highest BCUT2D eigenvalue weighted by Crippen LogP contribution is 2.48. The fourth-order valence-corrected chi connectivity index (χ4v) is 3.64. The van der Waals surface area contributed by atoms with Crippen LogP contribution in [-0.2, 0) is 4.74 Å². The smallest absolute Gasteiger partial charge is 0.0594 e. The van der Waals surface area contributed by atoms with E-state index in [9.17, 15) is 0 Å². The van der Waals surface area contributed by atoms with Gasteiger partial charge < -0.3 is 4.74 Å². The summed E-state index contributed by atoms with van der Waals surface area (Å²) in [7, 11) is 0. The zero-order chi connectivity index (χ0) is 11.6. The van der Waals surface area contributed by atoms with Crippen LogP contribution >= 0.6 is 0 Å². The van der Waals surface area contributed by atoms with Crippen molar-refractivity contribution >= 4 is 0 Å². The molecule has 0 amide bonds. The first kappa shape index (κ1) is 12.4. The molecule has 0 aromatic carbocycles. The molecule has 2 nitrogen and oxygen atoms in total. The quantitative estimate of drug-likeness (QED) is 0.732. The Morgan fingerprint density at radius 1 is 1.31 bits per heavy atom. The van der Waals surface area contributed by atoms with Crippen molar-refractivity contribution in [1.29, 1.82) is 0 Å². The van der Waals surface area contributed by atoms with E-state index in [4.69, 9.17) is 4.74 Å². The highest BCUT2D eigenvalue weighted by molar-refractivity contribution is 4.94. The number of ether oxygens (including phenoxy) is 1. The average molecular weight is 225 g/mol. The van der Waals surface area contributed by atoms with Gasteiger partial charge in [-0.3, -0.25) is 4.90 Å². The Morgan fingerprint density at radius 2 is 2.00 bits per heavy atom. The van der Waals surface area contributed by atoms with Crippen LogP contribution in [0.3, 0.4) is 0 Å². The standard InChI is InChI=1S/C14H27NO/c1-4-14(12(2)3)6-5-13(11-14)15-7-9-16-10-8-15/h12-13H,4-11H2,1-3H3.